The van der Waals surface area contributed by atoms with E-state index in [4.69, 9.17) is 10.5 Å². The van der Waals surface area contributed by atoms with Crippen LogP contribution in [0.5, 0.6) is 5.75 Å². The van der Waals surface area contributed by atoms with Crippen LogP contribution in [0.15, 0.2) is 54.6 Å². The molecule has 2 nitrogen and oxygen atoms in total. The minimum absolute atomic E-state index is 0.661. The van der Waals surface area contributed by atoms with E-state index in [0.29, 0.717) is 6.54 Å². The van der Waals surface area contributed by atoms with Gasteiger partial charge in [-0.15, -0.1) is 0 Å². The van der Waals surface area contributed by atoms with Crippen molar-refractivity contribution in [1.29, 1.82) is 0 Å². The molecule has 0 aromatic heterocycles. The zero-order valence-corrected chi connectivity index (χ0v) is 11.9. The Morgan fingerprint density at radius 1 is 0.800 bits per heavy atom. The number of benzene rings is 2. The first-order valence-corrected chi connectivity index (χ1v) is 7.35. The molecule has 0 aliphatic heterocycles. The van der Waals surface area contributed by atoms with Crippen LogP contribution in [0, 0.1) is 0 Å². The fourth-order valence-electron chi connectivity index (χ4n) is 2.26. The zero-order chi connectivity index (χ0) is 14.0. The molecule has 2 rings (SSSR count). The van der Waals surface area contributed by atoms with Crippen molar-refractivity contribution in [3.63, 3.8) is 0 Å². The summed E-state index contributed by atoms with van der Waals surface area (Å²) in [4.78, 5) is 0. The number of unbranched alkanes of at least 4 members (excludes halogenated alkanes) is 1. The highest BCUT2D eigenvalue weighted by Gasteiger charge is 2.01. The van der Waals surface area contributed by atoms with Gasteiger partial charge in [0.1, 0.15) is 5.75 Å². The van der Waals surface area contributed by atoms with Gasteiger partial charge in [0, 0.05) is 0 Å². The first-order chi connectivity index (χ1) is 9.90. The second kappa shape index (κ2) is 8.39. The Bertz CT molecular complexity index is 496. The Balaban J connectivity index is 1.71. The van der Waals surface area contributed by atoms with Crippen LogP contribution in [-0.2, 0) is 12.8 Å². The first-order valence-electron chi connectivity index (χ1n) is 7.35. The van der Waals surface area contributed by atoms with E-state index >= 15 is 0 Å². The summed E-state index contributed by atoms with van der Waals surface area (Å²) in [5, 5.41) is 0. The van der Waals surface area contributed by atoms with E-state index in [0.717, 1.165) is 38.0 Å². The maximum atomic E-state index is 5.87. The number of para-hydroxylation sites is 1. The van der Waals surface area contributed by atoms with E-state index in [1.165, 1.54) is 11.1 Å². The average molecular weight is 269 g/mol. The van der Waals surface area contributed by atoms with Crippen LogP contribution in [0.4, 0.5) is 0 Å². The zero-order valence-electron chi connectivity index (χ0n) is 11.9. The number of rotatable bonds is 8. The molecule has 2 N–H and O–H groups in total. The molecule has 0 spiro atoms. The van der Waals surface area contributed by atoms with Gasteiger partial charge in [0.2, 0.25) is 0 Å². The van der Waals surface area contributed by atoms with Crippen molar-refractivity contribution in [2.45, 2.75) is 25.7 Å². The summed E-state index contributed by atoms with van der Waals surface area (Å²) in [5.74, 6) is 0.984. The summed E-state index contributed by atoms with van der Waals surface area (Å²) in [6.07, 6.45) is 4.23. The van der Waals surface area contributed by atoms with Crippen LogP contribution in [-0.4, -0.2) is 13.2 Å². The molecule has 2 aromatic rings. The molecule has 2 heteroatoms. The second-order valence-electron chi connectivity index (χ2n) is 4.94. The lowest BCUT2D eigenvalue weighted by atomic mass is 10.1. The molecule has 0 fully saturated rings. The Labute approximate surface area is 121 Å². The summed E-state index contributed by atoms with van der Waals surface area (Å²) in [7, 11) is 0. The predicted molar refractivity (Wildman–Crippen MR) is 84.1 cm³/mol. The standard InChI is InChI=1S/C18H23NO/c19-14-13-17-11-4-5-12-18(17)20-15-7-6-10-16-8-2-1-3-9-16/h1-5,8-9,11-12H,6-7,10,13-15,19H2. The number of nitrogens with two attached hydrogens (primary N) is 1. The highest BCUT2D eigenvalue weighted by molar-refractivity contribution is 5.33. The molecule has 0 atom stereocenters. The maximum Gasteiger partial charge on any atom is 0.122 e. The molecule has 106 valence electrons. The third kappa shape index (κ3) is 4.71. The summed E-state index contributed by atoms with van der Waals surface area (Å²) >= 11 is 0. The van der Waals surface area contributed by atoms with Crippen molar-refractivity contribution in [3.8, 4) is 5.75 Å². The summed E-state index contributed by atoms with van der Waals surface area (Å²) in [6, 6.07) is 18.8. The molecule has 0 saturated carbocycles. The molecule has 0 unspecified atom stereocenters. The van der Waals surface area contributed by atoms with Gasteiger partial charge in [-0.05, 0) is 49.4 Å². The SMILES string of the molecule is NCCc1ccccc1OCCCCc1ccccc1. The smallest absolute Gasteiger partial charge is 0.122 e. The molecule has 2 aromatic carbocycles. The van der Waals surface area contributed by atoms with Crippen molar-refractivity contribution in [2.24, 2.45) is 5.73 Å². The molecule has 0 bridgehead atoms. The third-order valence-electron chi connectivity index (χ3n) is 3.35. The monoisotopic (exact) mass is 269 g/mol. The third-order valence-corrected chi connectivity index (χ3v) is 3.35. The van der Waals surface area contributed by atoms with Gasteiger partial charge in [0.25, 0.3) is 0 Å². The maximum absolute atomic E-state index is 5.87. The van der Waals surface area contributed by atoms with Crippen LogP contribution >= 0.6 is 0 Å². The van der Waals surface area contributed by atoms with Crippen molar-refractivity contribution in [1.82, 2.24) is 0 Å². The topological polar surface area (TPSA) is 35.2 Å². The highest BCUT2D eigenvalue weighted by Crippen LogP contribution is 2.18. The Kier molecular flexibility index (Phi) is 6.12. The fraction of sp³-hybridized carbons (Fsp3) is 0.333. The number of aryl methyl sites for hydroxylation is 1. The van der Waals surface area contributed by atoms with Crippen LogP contribution in [0.3, 0.4) is 0 Å². The number of hydrogen-bond acceptors (Lipinski definition) is 2. The molecular weight excluding hydrogens is 246 g/mol. The van der Waals surface area contributed by atoms with Crippen molar-refractivity contribution in [3.05, 3.63) is 65.7 Å². The van der Waals surface area contributed by atoms with Gasteiger partial charge in [0.15, 0.2) is 0 Å². The van der Waals surface area contributed by atoms with Crippen LogP contribution in [0.1, 0.15) is 24.0 Å². The van der Waals surface area contributed by atoms with Crippen molar-refractivity contribution in [2.75, 3.05) is 13.2 Å². The molecule has 0 aliphatic rings. The molecule has 0 heterocycles. The van der Waals surface area contributed by atoms with Gasteiger partial charge >= 0.3 is 0 Å². The average Bonchev–Trinajstić information content (AvgIpc) is 2.50. The Morgan fingerprint density at radius 2 is 1.55 bits per heavy atom. The summed E-state index contributed by atoms with van der Waals surface area (Å²) in [5.41, 5.74) is 8.22. The van der Waals surface area contributed by atoms with E-state index in [2.05, 4.69) is 36.4 Å². The van der Waals surface area contributed by atoms with Crippen LogP contribution < -0.4 is 10.5 Å². The lowest BCUT2D eigenvalue weighted by Crippen LogP contribution is -2.06. The normalized spacial score (nSPS) is 10.4. The number of ether oxygens (including phenoxy) is 1. The van der Waals surface area contributed by atoms with Gasteiger partial charge in [-0.3, -0.25) is 0 Å². The second-order valence-corrected chi connectivity index (χ2v) is 4.94. The minimum Gasteiger partial charge on any atom is -0.493 e. The van der Waals surface area contributed by atoms with Crippen LogP contribution in [0.25, 0.3) is 0 Å². The largest absolute Gasteiger partial charge is 0.493 e. The van der Waals surface area contributed by atoms with Crippen LogP contribution in [0.2, 0.25) is 0 Å². The molecule has 0 radical (unpaired) electrons. The molecule has 0 aliphatic carbocycles. The van der Waals surface area contributed by atoms with Gasteiger partial charge in [-0.25, -0.2) is 0 Å². The number of hydrogen-bond donors (Lipinski definition) is 1. The van der Waals surface area contributed by atoms with Crippen molar-refractivity contribution >= 4 is 0 Å². The van der Waals surface area contributed by atoms with E-state index in [9.17, 15) is 0 Å². The fourth-order valence-corrected chi connectivity index (χ4v) is 2.26. The lowest BCUT2D eigenvalue weighted by molar-refractivity contribution is 0.304. The van der Waals surface area contributed by atoms with E-state index in [-0.39, 0.29) is 0 Å². The first kappa shape index (κ1) is 14.6. The molecule has 20 heavy (non-hydrogen) atoms. The summed E-state index contributed by atoms with van der Waals surface area (Å²) in [6.45, 7) is 1.43. The van der Waals surface area contributed by atoms with E-state index < -0.39 is 0 Å². The van der Waals surface area contributed by atoms with Gasteiger partial charge in [-0.1, -0.05) is 48.5 Å². The Morgan fingerprint density at radius 3 is 2.35 bits per heavy atom. The predicted octanol–water partition coefficient (Wildman–Crippen LogP) is 3.59. The molecule has 0 saturated heterocycles. The van der Waals surface area contributed by atoms with Crippen molar-refractivity contribution < 1.29 is 4.74 Å². The van der Waals surface area contributed by atoms with Gasteiger partial charge in [0.05, 0.1) is 6.61 Å². The Hall–Kier alpha value is -1.80. The van der Waals surface area contributed by atoms with Gasteiger partial charge < -0.3 is 10.5 Å². The van der Waals surface area contributed by atoms with Gasteiger partial charge in [-0.2, -0.15) is 0 Å². The molecular formula is C18H23NO. The van der Waals surface area contributed by atoms with E-state index in [1.54, 1.807) is 0 Å². The quantitative estimate of drug-likeness (QED) is 0.743. The van der Waals surface area contributed by atoms with E-state index in [1.807, 2.05) is 18.2 Å². The molecule has 0 amide bonds. The lowest BCUT2D eigenvalue weighted by Gasteiger charge is -2.10. The highest BCUT2D eigenvalue weighted by atomic mass is 16.5. The summed E-state index contributed by atoms with van der Waals surface area (Å²) < 4.78 is 5.87. The minimum atomic E-state index is 0.661.